The molecule has 0 fully saturated rings. The van der Waals surface area contributed by atoms with Gasteiger partial charge in [0.25, 0.3) is 0 Å². The molecule has 0 N–H and O–H groups in total. The van der Waals surface area contributed by atoms with E-state index in [0.717, 1.165) is 60.5 Å². The van der Waals surface area contributed by atoms with Crippen molar-refractivity contribution in [3.63, 3.8) is 0 Å². The zero-order valence-electron chi connectivity index (χ0n) is 30.5. The number of fused-ring (bicyclic) bond motifs is 1. The molecule has 0 saturated carbocycles. The van der Waals surface area contributed by atoms with Crippen LogP contribution in [-0.4, -0.2) is 16.8 Å². The Morgan fingerprint density at radius 1 is 0.451 bits per heavy atom. The molecule has 51 heavy (non-hydrogen) atoms. The molecule has 0 bridgehead atoms. The summed E-state index contributed by atoms with van der Waals surface area (Å²) in [4.78, 5) is 0. The monoisotopic (exact) mass is 683 g/mol. The van der Waals surface area contributed by atoms with E-state index >= 15 is 4.57 Å². The van der Waals surface area contributed by atoms with Crippen LogP contribution in [0.3, 0.4) is 0 Å². The minimum atomic E-state index is -3.42. The molecule has 0 aliphatic heterocycles. The Morgan fingerprint density at radius 3 is 1.41 bits per heavy atom. The average molecular weight is 684 g/mol. The van der Waals surface area contributed by atoms with Gasteiger partial charge in [-0.1, -0.05) is 151 Å². The van der Waals surface area contributed by atoms with Gasteiger partial charge in [-0.15, -0.1) is 0 Å². The van der Waals surface area contributed by atoms with Gasteiger partial charge in [-0.25, -0.2) is 4.67 Å². The van der Waals surface area contributed by atoms with E-state index in [9.17, 15) is 0 Å². The topological polar surface area (TPSA) is 20.3 Å². The minimum absolute atomic E-state index is 0.0374. The fourth-order valence-corrected chi connectivity index (χ4v) is 11.6. The Labute approximate surface area is 303 Å². The van der Waals surface area contributed by atoms with Crippen LogP contribution in [0.2, 0.25) is 0 Å². The summed E-state index contributed by atoms with van der Waals surface area (Å²) >= 11 is 0. The predicted molar refractivity (Wildman–Crippen MR) is 221 cm³/mol. The standard InChI is InChI=1S/C48H46NOP/c1-33(2)49(34(3)4)51(50,40-26-18-19-35(5)31-40)44-32-36(6)29-30-43(44)48-42-28-17-16-27-41(42)45(37-20-10-7-11-21-37)46(38-22-12-8-13-23-38)47(48)39-24-14-9-15-25-39/h7-34H,1-6H3/t51-/m1/s1. The summed E-state index contributed by atoms with van der Waals surface area (Å²) in [6.07, 6.45) is 0. The Hall–Kier alpha value is -5.01. The molecule has 0 spiro atoms. The van der Waals surface area contributed by atoms with Crippen molar-refractivity contribution in [2.45, 2.75) is 53.6 Å². The van der Waals surface area contributed by atoms with E-state index in [1.165, 1.54) is 16.5 Å². The molecule has 0 aliphatic carbocycles. The van der Waals surface area contributed by atoms with Crippen LogP contribution in [0.5, 0.6) is 0 Å². The number of rotatable bonds is 9. The first kappa shape index (κ1) is 34.4. The SMILES string of the molecule is Cc1cccc([P@@](=O)(c2cc(C)ccc2-c2c(-c3ccccc3)c(-c3ccccc3)c(-c3ccccc3)c3ccccc23)N(C(C)C)C(C)C)c1. The van der Waals surface area contributed by atoms with Crippen LogP contribution < -0.4 is 10.6 Å². The van der Waals surface area contributed by atoms with Crippen LogP contribution in [0, 0.1) is 13.8 Å². The van der Waals surface area contributed by atoms with Gasteiger partial charge in [0, 0.05) is 22.7 Å². The highest BCUT2D eigenvalue weighted by molar-refractivity contribution is 7.76. The molecule has 254 valence electrons. The molecule has 3 heteroatoms. The quantitative estimate of drug-likeness (QED) is 0.141. The summed E-state index contributed by atoms with van der Waals surface area (Å²) in [5, 5.41) is 4.05. The lowest BCUT2D eigenvalue weighted by molar-refractivity contribution is 0.307. The van der Waals surface area contributed by atoms with E-state index in [0.29, 0.717) is 0 Å². The average Bonchev–Trinajstić information content (AvgIpc) is 3.14. The second-order valence-electron chi connectivity index (χ2n) is 14.1. The molecule has 0 heterocycles. The Balaban J connectivity index is 1.73. The van der Waals surface area contributed by atoms with Gasteiger partial charge in [0.05, 0.1) is 0 Å². The van der Waals surface area contributed by atoms with Gasteiger partial charge in [-0.05, 0) is 115 Å². The van der Waals surface area contributed by atoms with Crippen molar-refractivity contribution >= 4 is 28.7 Å². The molecule has 2 nitrogen and oxygen atoms in total. The molecular formula is C48H46NOP. The number of nitrogens with zero attached hydrogens (tertiary/aromatic N) is 1. The van der Waals surface area contributed by atoms with Gasteiger partial charge in [-0.3, -0.25) is 4.57 Å². The fourth-order valence-electron chi connectivity index (χ4n) is 7.97. The van der Waals surface area contributed by atoms with Crippen molar-refractivity contribution in [1.29, 1.82) is 0 Å². The largest absolute Gasteiger partial charge is 0.296 e. The third kappa shape index (κ3) is 6.29. The second-order valence-corrected chi connectivity index (χ2v) is 16.8. The van der Waals surface area contributed by atoms with E-state index in [1.807, 2.05) is 0 Å². The molecular weight excluding hydrogens is 638 g/mol. The summed E-state index contributed by atoms with van der Waals surface area (Å²) in [5.74, 6) is 0. The maximum absolute atomic E-state index is 16.7. The van der Waals surface area contributed by atoms with Crippen molar-refractivity contribution in [1.82, 2.24) is 4.67 Å². The summed E-state index contributed by atoms with van der Waals surface area (Å²) in [6, 6.07) is 56.1. The van der Waals surface area contributed by atoms with Crippen LogP contribution in [0.25, 0.3) is 55.3 Å². The Bertz CT molecular complexity index is 2350. The second kappa shape index (κ2) is 14.3. The van der Waals surface area contributed by atoms with Gasteiger partial charge < -0.3 is 0 Å². The molecule has 0 unspecified atom stereocenters. The van der Waals surface area contributed by atoms with Crippen LogP contribution in [-0.2, 0) is 4.57 Å². The van der Waals surface area contributed by atoms with Crippen molar-refractivity contribution < 1.29 is 4.57 Å². The zero-order chi connectivity index (χ0) is 35.7. The molecule has 0 saturated heterocycles. The lowest BCUT2D eigenvalue weighted by Gasteiger charge is -2.40. The van der Waals surface area contributed by atoms with Crippen LogP contribution in [0.4, 0.5) is 0 Å². The molecule has 0 radical (unpaired) electrons. The Morgan fingerprint density at radius 2 is 0.902 bits per heavy atom. The molecule has 0 aliphatic rings. The molecule has 0 amide bonds. The number of hydrogen-bond donors (Lipinski definition) is 0. The highest BCUT2D eigenvalue weighted by atomic mass is 31.2. The van der Waals surface area contributed by atoms with Crippen LogP contribution in [0.1, 0.15) is 38.8 Å². The van der Waals surface area contributed by atoms with Gasteiger partial charge in [0.1, 0.15) is 0 Å². The smallest absolute Gasteiger partial charge is 0.208 e. The lowest BCUT2D eigenvalue weighted by atomic mass is 9.79. The molecule has 1 atom stereocenters. The van der Waals surface area contributed by atoms with Crippen molar-refractivity contribution in [2.24, 2.45) is 0 Å². The summed E-state index contributed by atoms with van der Waals surface area (Å²) in [5.41, 5.74) is 11.2. The third-order valence-electron chi connectivity index (χ3n) is 9.89. The third-order valence-corrected chi connectivity index (χ3v) is 13.5. The van der Waals surface area contributed by atoms with Gasteiger partial charge in [-0.2, -0.15) is 0 Å². The zero-order valence-corrected chi connectivity index (χ0v) is 31.4. The maximum atomic E-state index is 16.7. The summed E-state index contributed by atoms with van der Waals surface area (Å²) in [7, 11) is -3.42. The Kier molecular flexibility index (Phi) is 9.67. The first-order chi connectivity index (χ1) is 24.7. The maximum Gasteiger partial charge on any atom is 0.208 e. The summed E-state index contributed by atoms with van der Waals surface area (Å²) in [6.45, 7) is 12.9. The van der Waals surface area contributed by atoms with E-state index in [1.54, 1.807) is 0 Å². The first-order valence-electron chi connectivity index (χ1n) is 18.0. The minimum Gasteiger partial charge on any atom is -0.296 e. The van der Waals surface area contributed by atoms with Gasteiger partial charge in [0.2, 0.25) is 7.29 Å². The van der Waals surface area contributed by atoms with Crippen molar-refractivity contribution in [3.8, 4) is 44.5 Å². The predicted octanol–water partition coefficient (Wildman–Crippen LogP) is 12.5. The number of benzene rings is 7. The van der Waals surface area contributed by atoms with Gasteiger partial charge in [0.15, 0.2) is 0 Å². The van der Waals surface area contributed by atoms with Crippen molar-refractivity contribution in [2.75, 3.05) is 0 Å². The summed E-state index contributed by atoms with van der Waals surface area (Å²) < 4.78 is 18.9. The van der Waals surface area contributed by atoms with E-state index in [4.69, 9.17) is 0 Å². The molecule has 0 aromatic heterocycles. The molecule has 7 rings (SSSR count). The lowest BCUT2D eigenvalue weighted by Crippen LogP contribution is -2.41. The fraction of sp³-hybridized carbons (Fsp3) is 0.167. The van der Waals surface area contributed by atoms with E-state index in [-0.39, 0.29) is 12.1 Å². The highest BCUT2D eigenvalue weighted by Crippen LogP contribution is 2.56. The number of aryl methyl sites for hydroxylation is 2. The van der Waals surface area contributed by atoms with Gasteiger partial charge >= 0.3 is 0 Å². The van der Waals surface area contributed by atoms with Crippen molar-refractivity contribution in [3.05, 3.63) is 169 Å². The van der Waals surface area contributed by atoms with Crippen LogP contribution in [0.15, 0.2) is 158 Å². The highest BCUT2D eigenvalue weighted by Gasteiger charge is 2.41. The first-order valence-corrected chi connectivity index (χ1v) is 19.7. The normalized spacial score (nSPS) is 12.9. The van der Waals surface area contributed by atoms with Crippen LogP contribution >= 0.6 is 7.29 Å². The molecule has 7 aromatic rings. The van der Waals surface area contributed by atoms with E-state index in [2.05, 4.69) is 204 Å². The number of hydrogen-bond acceptors (Lipinski definition) is 1. The van der Waals surface area contributed by atoms with E-state index < -0.39 is 7.29 Å². The molecule has 7 aromatic carbocycles.